The molecule has 1 N–H and O–H groups in total. The minimum absolute atomic E-state index is 0.0581. The second kappa shape index (κ2) is 7.41. The molecule has 1 aromatic rings. The lowest BCUT2D eigenvalue weighted by Gasteiger charge is -2.35. The van der Waals surface area contributed by atoms with Gasteiger partial charge < -0.3 is 9.88 Å². The zero-order valence-electron chi connectivity index (χ0n) is 15.7. The topological polar surface area (TPSA) is 67.2 Å². The summed E-state index contributed by atoms with van der Waals surface area (Å²) in [6, 6.07) is 0.245. The van der Waals surface area contributed by atoms with Gasteiger partial charge in [-0.1, -0.05) is 32.1 Å². The average Bonchev–Trinajstić information content (AvgIpc) is 3.28. The Labute approximate surface area is 155 Å². The molecular weight excluding hydrogens is 328 g/mol. The van der Waals surface area contributed by atoms with E-state index in [0.29, 0.717) is 18.9 Å². The van der Waals surface area contributed by atoms with Gasteiger partial charge in [-0.3, -0.25) is 14.5 Å². The van der Waals surface area contributed by atoms with Gasteiger partial charge in [-0.05, 0) is 31.6 Å². The van der Waals surface area contributed by atoms with E-state index in [4.69, 9.17) is 0 Å². The van der Waals surface area contributed by atoms with Crippen molar-refractivity contribution in [2.24, 2.45) is 18.9 Å². The van der Waals surface area contributed by atoms with Crippen LogP contribution in [-0.4, -0.2) is 34.0 Å². The molecule has 142 valence electrons. The van der Waals surface area contributed by atoms with E-state index in [9.17, 15) is 9.59 Å². The first kappa shape index (κ1) is 17.6. The summed E-state index contributed by atoms with van der Waals surface area (Å²) in [6.07, 6.45) is 12.8. The van der Waals surface area contributed by atoms with Crippen molar-refractivity contribution in [1.82, 2.24) is 14.9 Å². The van der Waals surface area contributed by atoms with E-state index in [1.54, 1.807) is 6.33 Å². The lowest BCUT2D eigenvalue weighted by atomic mass is 9.87. The van der Waals surface area contributed by atoms with Crippen LogP contribution >= 0.6 is 0 Å². The number of nitrogens with zero attached hydrogens (tertiary/aromatic N) is 3. The molecular formula is C20H30N4O2. The molecule has 4 rings (SSSR count). The highest BCUT2D eigenvalue weighted by atomic mass is 16.2. The molecule has 2 saturated carbocycles. The van der Waals surface area contributed by atoms with Crippen LogP contribution < -0.4 is 10.2 Å². The normalized spacial score (nSPS) is 24.7. The highest BCUT2D eigenvalue weighted by molar-refractivity contribution is 6.09. The molecule has 6 heteroatoms. The monoisotopic (exact) mass is 358 g/mol. The first-order valence-corrected chi connectivity index (χ1v) is 10.3. The first-order valence-electron chi connectivity index (χ1n) is 10.3. The lowest BCUT2D eigenvalue weighted by molar-refractivity contribution is -0.134. The van der Waals surface area contributed by atoms with Crippen molar-refractivity contribution in [3.05, 3.63) is 12.0 Å². The molecule has 1 atom stereocenters. The van der Waals surface area contributed by atoms with Crippen LogP contribution in [0.25, 0.3) is 0 Å². The molecule has 0 saturated heterocycles. The Morgan fingerprint density at radius 1 is 1.15 bits per heavy atom. The predicted molar refractivity (Wildman–Crippen MR) is 99.7 cm³/mol. The van der Waals surface area contributed by atoms with E-state index < -0.39 is 5.92 Å². The zero-order valence-corrected chi connectivity index (χ0v) is 15.7. The van der Waals surface area contributed by atoms with Crippen LogP contribution in [-0.2, 0) is 23.1 Å². The van der Waals surface area contributed by atoms with E-state index in [1.807, 2.05) is 16.5 Å². The summed E-state index contributed by atoms with van der Waals surface area (Å²) in [5, 5.41) is 3.13. The number of hydrogen-bond donors (Lipinski definition) is 1. The fourth-order valence-corrected chi connectivity index (χ4v) is 4.86. The van der Waals surface area contributed by atoms with Gasteiger partial charge in [0.05, 0.1) is 12.0 Å². The van der Waals surface area contributed by atoms with E-state index in [0.717, 1.165) is 24.4 Å². The number of fused-ring (bicyclic) bond motifs is 1. The third kappa shape index (κ3) is 3.38. The maximum absolute atomic E-state index is 13.2. The molecule has 26 heavy (non-hydrogen) atoms. The van der Waals surface area contributed by atoms with Gasteiger partial charge in [0.15, 0.2) is 5.82 Å². The number of amides is 2. The quantitative estimate of drug-likeness (QED) is 0.841. The second-order valence-electron chi connectivity index (χ2n) is 8.33. The summed E-state index contributed by atoms with van der Waals surface area (Å²) in [5.41, 5.74) is 1.01. The van der Waals surface area contributed by atoms with Crippen molar-refractivity contribution in [2.75, 3.05) is 11.4 Å². The highest BCUT2D eigenvalue weighted by Gasteiger charge is 2.41. The van der Waals surface area contributed by atoms with Gasteiger partial charge in [-0.15, -0.1) is 0 Å². The van der Waals surface area contributed by atoms with E-state index in [2.05, 4.69) is 10.3 Å². The van der Waals surface area contributed by atoms with Gasteiger partial charge >= 0.3 is 0 Å². The van der Waals surface area contributed by atoms with Crippen molar-refractivity contribution in [2.45, 2.75) is 70.3 Å². The average molecular weight is 358 g/mol. The molecule has 3 aliphatic rings. The highest BCUT2D eigenvalue weighted by Crippen LogP contribution is 2.33. The van der Waals surface area contributed by atoms with Crippen molar-refractivity contribution >= 4 is 17.6 Å². The van der Waals surface area contributed by atoms with Crippen LogP contribution in [0.2, 0.25) is 0 Å². The minimum Gasteiger partial charge on any atom is -0.353 e. The number of carbonyl (C=O) groups is 2. The van der Waals surface area contributed by atoms with Crippen LogP contribution in [0.4, 0.5) is 5.82 Å². The number of aryl methyl sites for hydroxylation is 1. The molecule has 1 unspecified atom stereocenters. The summed E-state index contributed by atoms with van der Waals surface area (Å²) in [5.74, 6) is 0.536. The Morgan fingerprint density at radius 2 is 1.85 bits per heavy atom. The van der Waals surface area contributed by atoms with Gasteiger partial charge in [0.25, 0.3) is 0 Å². The lowest BCUT2D eigenvalue weighted by Crippen LogP contribution is -2.51. The number of nitrogens with one attached hydrogen (secondary N) is 1. The molecule has 2 fully saturated rings. The summed E-state index contributed by atoms with van der Waals surface area (Å²) in [6.45, 7) is 0.704. The molecule has 2 aliphatic carbocycles. The Balaban J connectivity index is 1.54. The standard InChI is InChI=1S/C20H30N4O2/c1-23-13-21-18-17(23)11-16(19(25)22-15-9-5-6-10-15)20(26)24(18)12-14-7-3-2-4-8-14/h13-16H,2-12H2,1H3,(H,22,25). The fourth-order valence-electron chi connectivity index (χ4n) is 4.86. The third-order valence-electron chi connectivity index (χ3n) is 6.44. The summed E-state index contributed by atoms with van der Waals surface area (Å²) in [4.78, 5) is 32.4. The zero-order chi connectivity index (χ0) is 18.1. The third-order valence-corrected chi connectivity index (χ3v) is 6.44. The van der Waals surface area contributed by atoms with Crippen LogP contribution in [0.3, 0.4) is 0 Å². The molecule has 0 bridgehead atoms. The smallest absolute Gasteiger partial charge is 0.241 e. The van der Waals surface area contributed by atoms with E-state index >= 15 is 0 Å². The van der Waals surface area contributed by atoms with Gasteiger partial charge in [0.1, 0.15) is 5.92 Å². The molecule has 1 aromatic heterocycles. The Morgan fingerprint density at radius 3 is 2.58 bits per heavy atom. The minimum atomic E-state index is -0.609. The number of imidazole rings is 1. The van der Waals surface area contributed by atoms with Gasteiger partial charge in [-0.2, -0.15) is 0 Å². The van der Waals surface area contributed by atoms with Crippen molar-refractivity contribution in [1.29, 1.82) is 0 Å². The van der Waals surface area contributed by atoms with Crippen LogP contribution in [0.15, 0.2) is 6.33 Å². The molecule has 0 radical (unpaired) electrons. The van der Waals surface area contributed by atoms with E-state index in [-0.39, 0.29) is 17.9 Å². The second-order valence-corrected chi connectivity index (χ2v) is 8.33. The number of aromatic nitrogens is 2. The van der Waals surface area contributed by atoms with Crippen molar-refractivity contribution in [3.63, 3.8) is 0 Å². The summed E-state index contributed by atoms with van der Waals surface area (Å²) in [7, 11) is 1.95. The molecule has 2 amide bonds. The first-order chi connectivity index (χ1) is 12.6. The molecule has 0 spiro atoms. The number of hydrogen-bond acceptors (Lipinski definition) is 3. The van der Waals surface area contributed by atoms with Gasteiger partial charge in [0, 0.05) is 26.1 Å². The molecule has 2 heterocycles. The largest absolute Gasteiger partial charge is 0.353 e. The van der Waals surface area contributed by atoms with Crippen molar-refractivity contribution in [3.8, 4) is 0 Å². The number of rotatable bonds is 4. The maximum Gasteiger partial charge on any atom is 0.241 e. The summed E-state index contributed by atoms with van der Waals surface area (Å²) >= 11 is 0. The van der Waals surface area contributed by atoms with E-state index in [1.165, 1.54) is 44.9 Å². The van der Waals surface area contributed by atoms with Gasteiger partial charge in [-0.25, -0.2) is 4.98 Å². The Kier molecular flexibility index (Phi) is 5.00. The number of anilines is 1. The maximum atomic E-state index is 13.2. The molecule has 6 nitrogen and oxygen atoms in total. The van der Waals surface area contributed by atoms with Crippen molar-refractivity contribution < 1.29 is 9.59 Å². The van der Waals surface area contributed by atoms with Crippen LogP contribution in [0.5, 0.6) is 0 Å². The molecule has 1 aliphatic heterocycles. The Hall–Kier alpha value is -1.85. The van der Waals surface area contributed by atoms with Crippen LogP contribution in [0, 0.1) is 11.8 Å². The van der Waals surface area contributed by atoms with Gasteiger partial charge in [0.2, 0.25) is 11.8 Å². The molecule has 0 aromatic carbocycles. The summed E-state index contributed by atoms with van der Waals surface area (Å²) < 4.78 is 1.96. The Bertz CT molecular complexity index is 671. The number of carbonyl (C=O) groups excluding carboxylic acids is 2. The fraction of sp³-hybridized carbons (Fsp3) is 0.750. The van der Waals surface area contributed by atoms with Crippen LogP contribution in [0.1, 0.15) is 63.5 Å². The SMILES string of the molecule is Cn1cnc2c1CC(C(=O)NC1CCCC1)C(=O)N2CC1CCCCC1. The predicted octanol–water partition coefficient (Wildman–Crippen LogP) is 2.56.